The second-order valence-electron chi connectivity index (χ2n) is 8.49. The minimum Gasteiger partial charge on any atom is -0.379 e. The first-order chi connectivity index (χ1) is 14.5. The molecule has 3 heterocycles. The fourth-order valence-corrected chi connectivity index (χ4v) is 6.82. The van der Waals surface area contributed by atoms with Gasteiger partial charge in [-0.25, -0.2) is 9.97 Å². The Hall–Kier alpha value is -1.22. The van der Waals surface area contributed by atoms with E-state index in [0.717, 1.165) is 53.9 Å². The Labute approximate surface area is 187 Å². The summed E-state index contributed by atoms with van der Waals surface area (Å²) in [5.74, 6) is 1.24. The summed E-state index contributed by atoms with van der Waals surface area (Å²) in [6.07, 6.45) is 6.13. The van der Waals surface area contributed by atoms with Crippen molar-refractivity contribution in [1.29, 1.82) is 0 Å². The highest BCUT2D eigenvalue weighted by Gasteiger charge is 2.38. The monoisotopic (exact) mass is 448 g/mol. The number of ether oxygens (including phenoxy) is 1. The van der Waals surface area contributed by atoms with Gasteiger partial charge in [0.25, 0.3) is 0 Å². The van der Waals surface area contributed by atoms with Crippen LogP contribution in [0.4, 0.5) is 0 Å². The number of thioether (sulfide) groups is 1. The molecule has 8 heteroatoms. The first-order valence-electron chi connectivity index (χ1n) is 11.0. The highest BCUT2D eigenvalue weighted by atomic mass is 32.2. The number of amides is 1. The van der Waals surface area contributed by atoms with Crippen molar-refractivity contribution in [3.63, 3.8) is 0 Å². The van der Waals surface area contributed by atoms with Crippen molar-refractivity contribution in [1.82, 2.24) is 20.2 Å². The fraction of sp³-hybridized carbons (Fsp3) is 0.682. The summed E-state index contributed by atoms with van der Waals surface area (Å²) in [4.78, 5) is 26.9. The van der Waals surface area contributed by atoms with E-state index in [4.69, 9.17) is 4.74 Å². The molecule has 0 aromatic carbocycles. The number of nitrogens with zero attached hydrogens (tertiary/aromatic N) is 3. The maximum absolute atomic E-state index is 12.8. The molecule has 30 heavy (non-hydrogen) atoms. The van der Waals surface area contributed by atoms with Crippen molar-refractivity contribution < 1.29 is 9.53 Å². The molecule has 6 nitrogen and oxygen atoms in total. The number of nitrogens with one attached hydrogen (secondary N) is 1. The van der Waals surface area contributed by atoms with Crippen molar-refractivity contribution in [2.45, 2.75) is 63.4 Å². The summed E-state index contributed by atoms with van der Waals surface area (Å²) in [5, 5.41) is 5.30. The molecule has 1 aliphatic carbocycles. The Bertz CT molecular complexity index is 902. The lowest BCUT2D eigenvalue weighted by Gasteiger charge is -2.48. The number of aryl methyl sites for hydroxylation is 3. The van der Waals surface area contributed by atoms with E-state index in [1.165, 1.54) is 54.3 Å². The zero-order chi connectivity index (χ0) is 21.1. The minimum absolute atomic E-state index is 0.0900. The Morgan fingerprint density at radius 2 is 1.90 bits per heavy atom. The second kappa shape index (κ2) is 9.51. The van der Waals surface area contributed by atoms with Gasteiger partial charge >= 0.3 is 0 Å². The van der Waals surface area contributed by atoms with Gasteiger partial charge in [-0.15, -0.1) is 11.3 Å². The van der Waals surface area contributed by atoms with E-state index in [9.17, 15) is 4.79 Å². The smallest absolute Gasteiger partial charge is 0.230 e. The molecule has 1 amide bonds. The van der Waals surface area contributed by atoms with Crippen LogP contribution in [0.25, 0.3) is 10.2 Å². The van der Waals surface area contributed by atoms with Gasteiger partial charge in [0.1, 0.15) is 15.7 Å². The van der Waals surface area contributed by atoms with Crippen LogP contribution in [0, 0.1) is 20.8 Å². The molecule has 2 fully saturated rings. The molecule has 164 valence electrons. The number of carbonyl (C=O) groups excluding carboxylic acids is 1. The third kappa shape index (κ3) is 4.66. The lowest BCUT2D eigenvalue weighted by atomic mass is 9.79. The largest absolute Gasteiger partial charge is 0.379 e. The summed E-state index contributed by atoms with van der Waals surface area (Å²) < 4.78 is 5.56. The summed E-state index contributed by atoms with van der Waals surface area (Å²) in [7, 11) is 0. The Morgan fingerprint density at radius 1 is 1.17 bits per heavy atom. The molecule has 0 spiro atoms. The minimum atomic E-state index is 0.0900. The van der Waals surface area contributed by atoms with Crippen molar-refractivity contribution in [3.8, 4) is 0 Å². The van der Waals surface area contributed by atoms with Crippen molar-refractivity contribution in [3.05, 3.63) is 16.3 Å². The van der Waals surface area contributed by atoms with Gasteiger partial charge in [-0.2, -0.15) is 0 Å². The molecular weight excluding hydrogens is 416 g/mol. The van der Waals surface area contributed by atoms with Crippen molar-refractivity contribution >= 4 is 39.2 Å². The van der Waals surface area contributed by atoms with Gasteiger partial charge in [0.2, 0.25) is 5.91 Å². The zero-order valence-corrected chi connectivity index (χ0v) is 19.9. The Balaban J connectivity index is 1.40. The molecule has 1 saturated heterocycles. The van der Waals surface area contributed by atoms with Gasteiger partial charge in [0.05, 0.1) is 19.0 Å². The van der Waals surface area contributed by atoms with E-state index in [0.29, 0.717) is 5.75 Å². The lowest BCUT2D eigenvalue weighted by molar-refractivity contribution is -0.119. The first kappa shape index (κ1) is 22.0. The van der Waals surface area contributed by atoms with Crippen LogP contribution in [0.15, 0.2) is 5.03 Å². The van der Waals surface area contributed by atoms with E-state index in [2.05, 4.69) is 34.0 Å². The van der Waals surface area contributed by atoms with Crippen LogP contribution >= 0.6 is 23.1 Å². The number of carbonyl (C=O) groups is 1. The molecule has 0 bridgehead atoms. The normalized spacial score (nSPS) is 19.8. The summed E-state index contributed by atoms with van der Waals surface area (Å²) in [5.41, 5.74) is 1.33. The van der Waals surface area contributed by atoms with Gasteiger partial charge in [0.15, 0.2) is 0 Å². The molecule has 2 aromatic heterocycles. The molecule has 1 N–H and O–H groups in total. The quantitative estimate of drug-likeness (QED) is 0.535. The van der Waals surface area contributed by atoms with Crippen LogP contribution in [0.3, 0.4) is 0 Å². The van der Waals surface area contributed by atoms with Gasteiger partial charge in [-0.3, -0.25) is 9.69 Å². The van der Waals surface area contributed by atoms with Crippen LogP contribution in [-0.4, -0.2) is 64.9 Å². The number of aromatic nitrogens is 2. The molecule has 2 aliphatic rings. The van der Waals surface area contributed by atoms with E-state index in [-0.39, 0.29) is 11.4 Å². The van der Waals surface area contributed by atoms with Crippen molar-refractivity contribution in [2.75, 3.05) is 38.6 Å². The van der Waals surface area contributed by atoms with Crippen LogP contribution in [0.5, 0.6) is 0 Å². The Kier molecular flexibility index (Phi) is 6.97. The number of thiophene rings is 1. The van der Waals surface area contributed by atoms with Gasteiger partial charge in [-0.05, 0) is 39.2 Å². The van der Waals surface area contributed by atoms with Gasteiger partial charge in [-0.1, -0.05) is 31.0 Å². The maximum Gasteiger partial charge on any atom is 0.230 e. The maximum atomic E-state index is 12.8. The molecule has 1 saturated carbocycles. The third-order valence-corrected chi connectivity index (χ3v) is 8.60. The van der Waals surface area contributed by atoms with Crippen molar-refractivity contribution in [2.24, 2.45) is 0 Å². The second-order valence-corrected chi connectivity index (χ2v) is 10.7. The van der Waals surface area contributed by atoms with Crippen LogP contribution in [0.1, 0.15) is 48.4 Å². The molecule has 0 unspecified atom stereocenters. The molecular formula is C22H32N4O2S2. The van der Waals surface area contributed by atoms with E-state index in [1.807, 2.05) is 6.92 Å². The fourth-order valence-electron chi connectivity index (χ4n) is 4.72. The highest BCUT2D eigenvalue weighted by molar-refractivity contribution is 8.00. The lowest BCUT2D eigenvalue weighted by Crippen LogP contribution is -2.59. The number of morpholine rings is 1. The van der Waals surface area contributed by atoms with Gasteiger partial charge < -0.3 is 10.1 Å². The summed E-state index contributed by atoms with van der Waals surface area (Å²) >= 11 is 3.24. The van der Waals surface area contributed by atoms with E-state index in [1.54, 1.807) is 11.3 Å². The molecule has 2 aromatic rings. The molecule has 1 aliphatic heterocycles. The molecule has 0 atom stereocenters. The highest BCUT2D eigenvalue weighted by Crippen LogP contribution is 2.36. The first-order valence-corrected chi connectivity index (χ1v) is 12.8. The zero-order valence-electron chi connectivity index (χ0n) is 18.3. The predicted molar refractivity (Wildman–Crippen MR) is 124 cm³/mol. The molecule has 4 rings (SSSR count). The van der Waals surface area contributed by atoms with Crippen LogP contribution < -0.4 is 5.32 Å². The average Bonchev–Trinajstić information content (AvgIpc) is 3.05. The topological polar surface area (TPSA) is 67.4 Å². The number of hydrogen-bond acceptors (Lipinski definition) is 7. The van der Waals surface area contributed by atoms with Crippen LogP contribution in [-0.2, 0) is 9.53 Å². The summed E-state index contributed by atoms with van der Waals surface area (Å²) in [6.45, 7) is 10.4. The number of hydrogen-bond donors (Lipinski definition) is 1. The standard InChI is InChI=1S/C22H32N4O2S2/c1-15-16(2)30-21-19(15)20(24-17(3)25-21)29-13-18(27)23-14-22(7-5-4-6-8-22)26-9-11-28-12-10-26/h4-14H2,1-3H3,(H,23,27). The predicted octanol–water partition coefficient (Wildman–Crippen LogP) is 3.86. The SMILES string of the molecule is Cc1nc(SCC(=O)NCC2(N3CCOCC3)CCCCC2)c2c(C)c(C)sc2n1. The summed E-state index contributed by atoms with van der Waals surface area (Å²) in [6, 6.07) is 0. The van der Waals surface area contributed by atoms with Crippen LogP contribution in [0.2, 0.25) is 0 Å². The number of rotatable bonds is 6. The van der Waals surface area contributed by atoms with E-state index >= 15 is 0 Å². The van der Waals surface area contributed by atoms with E-state index < -0.39 is 0 Å². The third-order valence-electron chi connectivity index (χ3n) is 6.53. The number of fused-ring (bicyclic) bond motifs is 1. The van der Waals surface area contributed by atoms with Gasteiger partial charge in [0, 0.05) is 35.4 Å². The molecule has 0 radical (unpaired) electrons. The average molecular weight is 449 g/mol. The Morgan fingerprint density at radius 3 is 2.63 bits per heavy atom.